The molecule has 190 valence electrons. The van der Waals surface area contributed by atoms with E-state index in [4.69, 9.17) is 21.7 Å². The maximum absolute atomic E-state index is 12.9. The van der Waals surface area contributed by atoms with Gasteiger partial charge in [0.25, 0.3) is 5.91 Å². The SMILES string of the molecule is COc1cccc(C#Cc2ccc3c(c2)N(C)C(=S)[C@@H](NC(=O)c2n[nH]c(Cc4ccccc4)n2)CO3)c1. The number of H-pyrrole nitrogens is 1. The summed E-state index contributed by atoms with van der Waals surface area (Å²) in [6.07, 6.45) is 0.549. The van der Waals surface area contributed by atoms with E-state index in [0.29, 0.717) is 23.0 Å². The summed E-state index contributed by atoms with van der Waals surface area (Å²) in [6.45, 7) is 0.179. The van der Waals surface area contributed by atoms with Crippen molar-refractivity contribution in [2.75, 3.05) is 25.7 Å². The number of amides is 1. The van der Waals surface area contributed by atoms with Crippen molar-refractivity contribution in [1.29, 1.82) is 0 Å². The number of methoxy groups -OCH3 is 1. The Hall–Kier alpha value is -4.68. The van der Waals surface area contributed by atoms with Gasteiger partial charge in [0.2, 0.25) is 5.82 Å². The highest BCUT2D eigenvalue weighted by Crippen LogP contribution is 2.32. The molecule has 0 spiro atoms. The van der Waals surface area contributed by atoms with Crippen LogP contribution in [0.5, 0.6) is 11.5 Å². The van der Waals surface area contributed by atoms with Gasteiger partial charge in [-0.05, 0) is 42.0 Å². The summed E-state index contributed by atoms with van der Waals surface area (Å²) in [5.41, 5.74) is 3.49. The highest BCUT2D eigenvalue weighted by Gasteiger charge is 2.29. The largest absolute Gasteiger partial charge is 0.497 e. The van der Waals surface area contributed by atoms with E-state index >= 15 is 0 Å². The molecule has 1 aliphatic rings. The second-order valence-electron chi connectivity index (χ2n) is 8.67. The molecule has 5 rings (SSSR count). The molecule has 8 nitrogen and oxygen atoms in total. The van der Waals surface area contributed by atoms with Gasteiger partial charge in [-0.15, -0.1) is 5.10 Å². The maximum atomic E-state index is 12.9. The van der Waals surface area contributed by atoms with E-state index in [1.54, 1.807) is 7.11 Å². The van der Waals surface area contributed by atoms with Crippen LogP contribution in [0.4, 0.5) is 5.69 Å². The normalized spacial score (nSPS) is 14.4. The van der Waals surface area contributed by atoms with Gasteiger partial charge in [-0.2, -0.15) is 0 Å². The summed E-state index contributed by atoms with van der Waals surface area (Å²) in [5.74, 6) is 7.98. The number of benzene rings is 3. The van der Waals surface area contributed by atoms with Gasteiger partial charge in [0.1, 0.15) is 35.0 Å². The third-order valence-corrected chi connectivity index (χ3v) is 6.59. The number of rotatable bonds is 5. The Kier molecular flexibility index (Phi) is 7.33. The van der Waals surface area contributed by atoms with Gasteiger partial charge < -0.3 is 19.7 Å². The summed E-state index contributed by atoms with van der Waals surface area (Å²) in [7, 11) is 3.47. The number of fused-ring (bicyclic) bond motifs is 1. The smallest absolute Gasteiger partial charge is 0.291 e. The summed E-state index contributed by atoms with van der Waals surface area (Å²) in [5, 5.41) is 9.83. The first-order valence-electron chi connectivity index (χ1n) is 12.0. The Labute approximate surface area is 226 Å². The van der Waals surface area contributed by atoms with Crippen LogP contribution < -0.4 is 19.7 Å². The average molecular weight is 524 g/mol. The van der Waals surface area contributed by atoms with Gasteiger partial charge >= 0.3 is 0 Å². The highest BCUT2D eigenvalue weighted by molar-refractivity contribution is 7.80. The summed E-state index contributed by atoms with van der Waals surface area (Å²) in [6, 6.07) is 22.6. The molecule has 1 aromatic heterocycles. The molecule has 2 N–H and O–H groups in total. The third-order valence-electron chi connectivity index (χ3n) is 6.03. The Morgan fingerprint density at radius 3 is 2.71 bits per heavy atom. The molecule has 0 fully saturated rings. The fourth-order valence-electron chi connectivity index (χ4n) is 4.01. The van der Waals surface area contributed by atoms with Crippen LogP contribution in [0.25, 0.3) is 0 Å². The van der Waals surface area contributed by atoms with Crippen molar-refractivity contribution < 1.29 is 14.3 Å². The molecule has 1 aliphatic heterocycles. The second kappa shape index (κ2) is 11.2. The predicted molar refractivity (Wildman–Crippen MR) is 149 cm³/mol. The molecule has 1 atom stereocenters. The number of ether oxygens (including phenoxy) is 2. The number of nitrogens with one attached hydrogen (secondary N) is 2. The monoisotopic (exact) mass is 523 g/mol. The lowest BCUT2D eigenvalue weighted by Crippen LogP contribution is -2.48. The fourth-order valence-corrected chi connectivity index (χ4v) is 4.24. The van der Waals surface area contributed by atoms with E-state index in [1.807, 2.05) is 84.7 Å². The van der Waals surface area contributed by atoms with Crippen LogP contribution in [-0.2, 0) is 6.42 Å². The lowest BCUT2D eigenvalue weighted by molar-refractivity contribution is 0.0927. The third kappa shape index (κ3) is 5.66. The standard InChI is InChI=1S/C29H25N5O3S/c1-34-24-16-21(12-11-20-9-6-10-22(15-20)36-2)13-14-25(24)37-18-23(29(34)38)30-28(35)27-31-26(32-33-27)17-19-7-4-3-5-8-19/h3-10,13-16,23H,17-18H2,1-2H3,(H,30,35)(H,31,32,33)/t23-/m0/s1. The number of hydrogen-bond acceptors (Lipinski definition) is 6. The number of thiocarbonyl (C=S) groups is 1. The van der Waals surface area contributed by atoms with E-state index in [0.717, 1.165) is 28.1 Å². The van der Waals surface area contributed by atoms with Gasteiger partial charge in [-0.3, -0.25) is 9.89 Å². The van der Waals surface area contributed by atoms with Crippen molar-refractivity contribution >= 4 is 28.8 Å². The van der Waals surface area contributed by atoms with E-state index < -0.39 is 11.9 Å². The van der Waals surface area contributed by atoms with Crippen LogP contribution >= 0.6 is 12.2 Å². The van der Waals surface area contributed by atoms with E-state index in [2.05, 4.69) is 32.3 Å². The minimum absolute atomic E-state index is 0.0539. The van der Waals surface area contributed by atoms with Gasteiger partial charge in [0.05, 0.1) is 12.8 Å². The minimum Gasteiger partial charge on any atom is -0.497 e. The number of nitrogens with zero attached hydrogens (tertiary/aromatic N) is 3. The van der Waals surface area contributed by atoms with E-state index in [1.165, 1.54) is 0 Å². The molecule has 0 saturated carbocycles. The van der Waals surface area contributed by atoms with Crippen LogP contribution in [0, 0.1) is 11.8 Å². The lowest BCUT2D eigenvalue weighted by atomic mass is 10.1. The predicted octanol–water partition coefficient (Wildman–Crippen LogP) is 3.76. The molecule has 0 unspecified atom stereocenters. The molecular formula is C29H25N5O3S. The van der Waals surface area contributed by atoms with Crippen molar-refractivity contribution in [2.45, 2.75) is 12.5 Å². The molecule has 0 saturated heterocycles. The molecule has 9 heteroatoms. The highest BCUT2D eigenvalue weighted by atomic mass is 32.1. The van der Waals surface area contributed by atoms with Crippen molar-refractivity contribution in [3.05, 3.63) is 101 Å². The van der Waals surface area contributed by atoms with Crippen LogP contribution in [-0.4, -0.2) is 52.9 Å². The van der Waals surface area contributed by atoms with E-state index in [-0.39, 0.29) is 12.4 Å². The Morgan fingerprint density at radius 2 is 1.92 bits per heavy atom. The molecule has 0 radical (unpaired) electrons. The topological polar surface area (TPSA) is 92.4 Å². The Morgan fingerprint density at radius 1 is 1.13 bits per heavy atom. The number of aromatic amines is 1. The van der Waals surface area contributed by atoms with Crippen LogP contribution in [0.1, 0.15) is 33.1 Å². The van der Waals surface area contributed by atoms with Gasteiger partial charge in [-0.25, -0.2) is 4.98 Å². The lowest BCUT2D eigenvalue weighted by Gasteiger charge is -2.23. The molecule has 2 heterocycles. The van der Waals surface area contributed by atoms with Gasteiger partial charge in [0.15, 0.2) is 0 Å². The van der Waals surface area contributed by atoms with Crippen molar-refractivity contribution in [3.63, 3.8) is 0 Å². The number of likely N-dealkylation sites (N-methyl/N-ethyl adjacent to an activating group) is 1. The van der Waals surface area contributed by atoms with Gasteiger partial charge in [-0.1, -0.05) is 60.5 Å². The average Bonchev–Trinajstić information content (AvgIpc) is 3.38. The molecule has 3 aromatic carbocycles. The number of hydrogen-bond donors (Lipinski definition) is 2. The van der Waals surface area contributed by atoms with Crippen LogP contribution in [0.3, 0.4) is 0 Å². The Balaban J connectivity index is 1.27. The number of aromatic nitrogens is 3. The minimum atomic E-state index is -0.544. The van der Waals surface area contributed by atoms with Gasteiger partial charge in [0, 0.05) is 24.6 Å². The maximum Gasteiger partial charge on any atom is 0.291 e. The summed E-state index contributed by atoms with van der Waals surface area (Å²) in [4.78, 5) is 19.6. The molecule has 1 amide bonds. The van der Waals surface area contributed by atoms with Crippen LogP contribution in [0.2, 0.25) is 0 Å². The zero-order valence-electron chi connectivity index (χ0n) is 20.9. The molecule has 0 aliphatic carbocycles. The number of anilines is 1. The molecule has 4 aromatic rings. The zero-order valence-corrected chi connectivity index (χ0v) is 21.7. The fraction of sp³-hybridized carbons (Fsp3) is 0.172. The first-order chi connectivity index (χ1) is 18.5. The number of carbonyl (C=O) groups excluding carboxylic acids is 1. The quantitative estimate of drug-likeness (QED) is 0.304. The van der Waals surface area contributed by atoms with Crippen molar-refractivity contribution in [3.8, 4) is 23.3 Å². The van der Waals surface area contributed by atoms with Crippen molar-refractivity contribution in [1.82, 2.24) is 20.5 Å². The first-order valence-corrected chi connectivity index (χ1v) is 12.4. The molecular weight excluding hydrogens is 498 g/mol. The second-order valence-corrected chi connectivity index (χ2v) is 9.09. The molecule has 0 bridgehead atoms. The first kappa shape index (κ1) is 25.0. The zero-order chi connectivity index (χ0) is 26.5. The van der Waals surface area contributed by atoms with E-state index in [9.17, 15) is 4.79 Å². The van der Waals surface area contributed by atoms with Crippen LogP contribution in [0.15, 0.2) is 72.8 Å². The number of carbonyl (C=O) groups is 1. The molecule has 38 heavy (non-hydrogen) atoms. The summed E-state index contributed by atoms with van der Waals surface area (Å²) < 4.78 is 11.3. The van der Waals surface area contributed by atoms with Crippen molar-refractivity contribution in [2.24, 2.45) is 0 Å². The Bertz CT molecular complexity index is 1540. The summed E-state index contributed by atoms with van der Waals surface area (Å²) >= 11 is 5.72.